The van der Waals surface area contributed by atoms with Crippen molar-refractivity contribution < 1.29 is 33.0 Å². The van der Waals surface area contributed by atoms with Crippen LogP contribution in [0, 0.1) is 5.82 Å². The number of imidazole rings is 1. The van der Waals surface area contributed by atoms with E-state index in [1.807, 2.05) is 4.90 Å². The number of anilines is 2. The van der Waals surface area contributed by atoms with Crippen molar-refractivity contribution in [1.82, 2.24) is 29.9 Å². The smallest absolute Gasteiger partial charge is 0.414 e. The number of piperazine rings is 1. The second kappa shape index (κ2) is 12.1. The van der Waals surface area contributed by atoms with Gasteiger partial charge < -0.3 is 34.3 Å². The van der Waals surface area contributed by atoms with Crippen molar-refractivity contribution in [2.45, 2.75) is 12.5 Å². The van der Waals surface area contributed by atoms with Gasteiger partial charge in [-0.25, -0.2) is 19.0 Å². The van der Waals surface area contributed by atoms with E-state index in [1.165, 1.54) is 18.1 Å². The summed E-state index contributed by atoms with van der Waals surface area (Å²) in [5.74, 6) is -0.985. The molecule has 2 aliphatic rings. The molecule has 0 radical (unpaired) electrons. The Labute approximate surface area is 234 Å². The highest BCUT2D eigenvalue weighted by atomic mass is 19.1. The average Bonchev–Trinajstić information content (AvgIpc) is 3.59. The van der Waals surface area contributed by atoms with E-state index in [1.54, 1.807) is 46.2 Å². The van der Waals surface area contributed by atoms with E-state index < -0.39 is 24.1 Å². The van der Waals surface area contributed by atoms with E-state index in [0.29, 0.717) is 43.2 Å². The largest absolute Gasteiger partial charge is 0.453 e. The first-order valence-electron chi connectivity index (χ1n) is 13.0. The van der Waals surface area contributed by atoms with Gasteiger partial charge in [-0.05, 0) is 18.2 Å². The third kappa shape index (κ3) is 6.28. The van der Waals surface area contributed by atoms with Crippen molar-refractivity contribution in [2.24, 2.45) is 0 Å². The monoisotopic (exact) mass is 568 g/mol. The van der Waals surface area contributed by atoms with Gasteiger partial charge in [-0.1, -0.05) is 0 Å². The van der Waals surface area contributed by atoms with Gasteiger partial charge in [-0.2, -0.15) is 0 Å². The summed E-state index contributed by atoms with van der Waals surface area (Å²) in [4.78, 5) is 61.6. The second-order valence-electron chi connectivity index (χ2n) is 9.47. The van der Waals surface area contributed by atoms with E-state index >= 15 is 4.39 Å². The van der Waals surface area contributed by atoms with E-state index in [2.05, 4.69) is 25.3 Å². The van der Waals surface area contributed by atoms with Gasteiger partial charge in [-0.15, -0.1) is 0 Å². The number of aromatic nitrogens is 3. The van der Waals surface area contributed by atoms with Crippen molar-refractivity contribution in [2.75, 3.05) is 62.7 Å². The number of hydrogen-bond donors (Lipinski definition) is 2. The molecule has 1 atom stereocenters. The Morgan fingerprint density at radius 2 is 1.98 bits per heavy atom. The summed E-state index contributed by atoms with van der Waals surface area (Å²) in [5.41, 5.74) is 1.50. The zero-order valence-corrected chi connectivity index (χ0v) is 22.3. The molecule has 0 spiro atoms. The van der Waals surface area contributed by atoms with Gasteiger partial charge in [0.2, 0.25) is 5.91 Å². The molecule has 4 amide bonds. The molecule has 0 bridgehead atoms. The number of rotatable bonds is 8. The Morgan fingerprint density at radius 1 is 1.17 bits per heavy atom. The number of cyclic esters (lactones) is 1. The first kappa shape index (κ1) is 27.6. The number of alkyl carbamates (subject to hydrolysis) is 1. The van der Waals surface area contributed by atoms with Crippen LogP contribution in [0.1, 0.15) is 16.9 Å². The highest BCUT2D eigenvalue weighted by Crippen LogP contribution is 2.28. The van der Waals surface area contributed by atoms with Gasteiger partial charge in [0.05, 0.1) is 37.8 Å². The number of halogens is 1. The van der Waals surface area contributed by atoms with Crippen LogP contribution >= 0.6 is 0 Å². The average molecular weight is 569 g/mol. The van der Waals surface area contributed by atoms with Crippen molar-refractivity contribution in [3.8, 4) is 0 Å². The van der Waals surface area contributed by atoms with E-state index in [9.17, 15) is 19.2 Å². The van der Waals surface area contributed by atoms with Gasteiger partial charge in [-0.3, -0.25) is 19.5 Å². The summed E-state index contributed by atoms with van der Waals surface area (Å²) in [6, 6.07) is 4.50. The van der Waals surface area contributed by atoms with Crippen molar-refractivity contribution in [1.29, 1.82) is 0 Å². The lowest BCUT2D eigenvalue weighted by Crippen LogP contribution is -2.49. The minimum Gasteiger partial charge on any atom is -0.453 e. The van der Waals surface area contributed by atoms with E-state index in [4.69, 9.17) is 4.74 Å². The second-order valence-corrected chi connectivity index (χ2v) is 9.47. The maximum Gasteiger partial charge on any atom is 0.414 e. The first-order chi connectivity index (χ1) is 19.8. The number of nitrogens with one attached hydrogen (secondary N) is 2. The normalized spacial score (nSPS) is 17.0. The number of carbonyl (C=O) groups is 4. The molecule has 0 saturated carbocycles. The molecule has 1 aromatic carbocycles. The fourth-order valence-electron chi connectivity index (χ4n) is 4.71. The molecule has 216 valence electrons. The molecule has 3 aromatic rings. The van der Waals surface area contributed by atoms with Gasteiger partial charge in [0.1, 0.15) is 17.6 Å². The lowest BCUT2D eigenvalue weighted by Gasteiger charge is -2.36. The van der Waals surface area contributed by atoms with Crippen LogP contribution in [0.25, 0.3) is 5.65 Å². The summed E-state index contributed by atoms with van der Waals surface area (Å²) in [7, 11) is 1.23. The van der Waals surface area contributed by atoms with E-state index in [0.717, 1.165) is 0 Å². The SMILES string of the molecule is COC(=O)NCC1CN(c2ccc(N3CCN(C(=O)CCNC(=O)c4cn5ccncc5n4)CC3)c(F)c2)C(=O)O1. The zero-order chi connectivity index (χ0) is 28.9. The number of hydrogen-bond acceptors (Lipinski definition) is 9. The van der Waals surface area contributed by atoms with E-state index in [-0.39, 0.29) is 43.6 Å². The molecule has 14 nitrogen and oxygen atoms in total. The van der Waals surface area contributed by atoms with Crippen LogP contribution in [0.2, 0.25) is 0 Å². The number of amides is 4. The molecule has 15 heteroatoms. The molecule has 2 fully saturated rings. The minimum absolute atomic E-state index is 0.0740. The molecular weight excluding hydrogens is 539 g/mol. The Hall–Kier alpha value is -4.95. The maximum absolute atomic E-state index is 15.1. The quantitative estimate of drug-likeness (QED) is 0.406. The predicted molar refractivity (Wildman–Crippen MR) is 143 cm³/mol. The molecule has 2 aromatic heterocycles. The van der Waals surface area contributed by atoms with Crippen molar-refractivity contribution in [3.05, 3.63) is 54.5 Å². The Morgan fingerprint density at radius 3 is 2.71 bits per heavy atom. The molecule has 41 heavy (non-hydrogen) atoms. The zero-order valence-electron chi connectivity index (χ0n) is 22.3. The third-order valence-corrected chi connectivity index (χ3v) is 6.87. The summed E-state index contributed by atoms with van der Waals surface area (Å²) >= 11 is 0. The van der Waals surface area contributed by atoms with Gasteiger partial charge in [0.25, 0.3) is 5.91 Å². The van der Waals surface area contributed by atoms with Crippen LogP contribution < -0.4 is 20.4 Å². The van der Waals surface area contributed by atoms with Crippen LogP contribution in [-0.2, 0) is 14.3 Å². The number of fused-ring (bicyclic) bond motifs is 1. The molecule has 2 N–H and O–H groups in total. The third-order valence-electron chi connectivity index (χ3n) is 6.87. The molecule has 2 saturated heterocycles. The van der Waals surface area contributed by atoms with Crippen LogP contribution in [0.4, 0.5) is 25.4 Å². The van der Waals surface area contributed by atoms with Gasteiger partial charge in [0, 0.05) is 57.7 Å². The van der Waals surface area contributed by atoms with Crippen LogP contribution in [0.3, 0.4) is 0 Å². The minimum atomic E-state index is -0.638. The van der Waals surface area contributed by atoms with Crippen LogP contribution in [0.5, 0.6) is 0 Å². The van der Waals surface area contributed by atoms with Crippen LogP contribution in [0.15, 0.2) is 43.0 Å². The lowest BCUT2D eigenvalue weighted by molar-refractivity contribution is -0.131. The summed E-state index contributed by atoms with van der Waals surface area (Å²) in [6.07, 6.45) is 4.70. The summed E-state index contributed by atoms with van der Waals surface area (Å²) < 4.78 is 26.5. The maximum atomic E-state index is 15.1. The number of nitrogens with zero attached hydrogens (tertiary/aromatic N) is 6. The molecule has 5 rings (SSSR count). The highest BCUT2D eigenvalue weighted by Gasteiger charge is 2.33. The lowest BCUT2D eigenvalue weighted by atomic mass is 10.2. The van der Waals surface area contributed by atoms with Gasteiger partial charge in [0.15, 0.2) is 5.65 Å². The molecule has 0 aliphatic carbocycles. The fourth-order valence-corrected chi connectivity index (χ4v) is 4.71. The summed E-state index contributed by atoms with van der Waals surface area (Å²) in [6.45, 7) is 2.05. The number of methoxy groups -OCH3 is 1. The van der Waals surface area contributed by atoms with Crippen molar-refractivity contribution >= 4 is 41.0 Å². The van der Waals surface area contributed by atoms with Crippen LogP contribution in [-0.4, -0.2) is 102 Å². The topological polar surface area (TPSA) is 151 Å². The first-order valence-corrected chi connectivity index (χ1v) is 13.0. The molecular formula is C26H29FN8O6. The summed E-state index contributed by atoms with van der Waals surface area (Å²) in [5, 5.41) is 5.19. The standard InChI is InChI=1S/C26H29FN8O6/c1-40-25(38)30-13-18-15-35(26(39)41-18)17-2-3-21(19(27)12-17)32-8-10-33(11-9-32)23(36)4-5-29-24(37)20-16-34-7-6-28-14-22(34)31-20/h2-3,6-7,12,14,16,18H,4-5,8-11,13,15H2,1H3,(H,29,37)(H,30,38). The number of benzene rings is 1. The number of ether oxygens (including phenoxy) is 2. The Bertz CT molecular complexity index is 1420. The predicted octanol–water partition coefficient (Wildman–Crippen LogP) is 1.02. The van der Waals surface area contributed by atoms with Gasteiger partial charge >= 0.3 is 12.2 Å². The Balaban J connectivity index is 1.08. The fraction of sp³-hybridized carbons (Fsp3) is 0.385. The molecule has 1 unspecified atom stereocenters. The van der Waals surface area contributed by atoms with Crippen molar-refractivity contribution in [3.63, 3.8) is 0 Å². The number of carbonyl (C=O) groups excluding carboxylic acids is 4. The molecule has 4 heterocycles. The Kier molecular flexibility index (Phi) is 8.12. The molecule has 2 aliphatic heterocycles. The highest BCUT2D eigenvalue weighted by molar-refractivity contribution is 5.93.